The third-order valence-electron chi connectivity index (χ3n) is 0. The minimum Gasteiger partial charge on any atom is -0.147 e. The van der Waals surface area contributed by atoms with Gasteiger partial charge in [0, 0.05) is 0 Å². The van der Waals surface area contributed by atoms with Crippen molar-refractivity contribution in [1.82, 2.24) is 0 Å². The summed E-state index contributed by atoms with van der Waals surface area (Å²) in [5.41, 5.74) is 0. The van der Waals surface area contributed by atoms with Crippen LogP contribution in [0.25, 0.3) is 0 Å². The lowest BCUT2D eigenvalue weighted by atomic mass is 11.9. The standard InChI is InChI=1S/2CH3.Al.ClH/h2*1H3;;1H. The van der Waals surface area contributed by atoms with Gasteiger partial charge in [-0.2, -0.15) is 0 Å². The van der Waals surface area contributed by atoms with E-state index in [9.17, 15) is 0 Å². The molecular weight excluding hydrogens is 86.5 g/mol. The molecule has 0 saturated heterocycles. The van der Waals surface area contributed by atoms with Crippen LogP contribution < -0.4 is 0 Å². The van der Waals surface area contributed by atoms with Crippen molar-refractivity contribution in [2.24, 2.45) is 0 Å². The number of halogens is 1. The Morgan fingerprint density at radius 2 is 1.25 bits per heavy atom. The van der Waals surface area contributed by atoms with Crippen molar-refractivity contribution in [3.63, 3.8) is 0 Å². The van der Waals surface area contributed by atoms with E-state index >= 15 is 0 Å². The molecule has 0 aliphatic rings. The van der Waals surface area contributed by atoms with E-state index < -0.39 is 0 Å². The van der Waals surface area contributed by atoms with Crippen LogP contribution in [-0.4, -0.2) is 15.2 Å². The Labute approximate surface area is 39.7 Å². The first-order chi connectivity index (χ1) is 1.41. The third-order valence-corrected chi connectivity index (χ3v) is 0. The van der Waals surface area contributed by atoms with Crippen LogP contribution in [0.1, 0.15) is 0 Å². The molecule has 0 aromatic rings. The van der Waals surface area contributed by atoms with E-state index in [1.54, 1.807) is 0 Å². The van der Waals surface area contributed by atoms with Crippen LogP contribution in [0.15, 0.2) is 0 Å². The van der Waals surface area contributed by atoms with E-state index in [4.69, 9.17) is 0 Å². The van der Waals surface area contributed by atoms with Crippen LogP contribution in [0.3, 0.4) is 0 Å². The van der Waals surface area contributed by atoms with Gasteiger partial charge in [0.05, 0.1) is 0 Å². The lowest BCUT2D eigenvalue weighted by molar-refractivity contribution is 2.14. The van der Waals surface area contributed by atoms with Crippen molar-refractivity contribution in [2.45, 2.75) is 11.6 Å². The van der Waals surface area contributed by atoms with Crippen molar-refractivity contribution < 1.29 is 0 Å². The van der Waals surface area contributed by atoms with Crippen molar-refractivity contribution in [3.8, 4) is 0 Å². The topological polar surface area (TPSA) is 0 Å². The van der Waals surface area contributed by atoms with Crippen molar-refractivity contribution >= 4 is 27.6 Å². The summed E-state index contributed by atoms with van der Waals surface area (Å²) in [7, 11) is 0. The summed E-state index contributed by atoms with van der Waals surface area (Å²) in [6, 6.07) is 0. The summed E-state index contributed by atoms with van der Waals surface area (Å²) in [6.45, 7) is 0. The van der Waals surface area contributed by atoms with Gasteiger partial charge in [-0.3, -0.25) is 0 Å². The Morgan fingerprint density at radius 1 is 1.25 bits per heavy atom. The van der Waals surface area contributed by atoms with Crippen LogP contribution in [0.5, 0.6) is 0 Å². The maximum atomic E-state index is 2.21. The van der Waals surface area contributed by atoms with Crippen LogP contribution in [0, 0.1) is 0 Å². The van der Waals surface area contributed by atoms with E-state index in [-0.39, 0.29) is 12.4 Å². The summed E-state index contributed by atoms with van der Waals surface area (Å²) >= 11 is 0.750. The fourth-order valence-electron chi connectivity index (χ4n) is 0. The lowest BCUT2D eigenvalue weighted by Gasteiger charge is -1.38. The molecule has 0 aliphatic heterocycles. The van der Waals surface area contributed by atoms with Crippen molar-refractivity contribution in [2.75, 3.05) is 0 Å². The number of rotatable bonds is 0. The molecule has 0 saturated carbocycles. The highest BCUT2D eigenvalue weighted by molar-refractivity contribution is 6.31. The first-order valence-corrected chi connectivity index (χ1v) is 3.46. The van der Waals surface area contributed by atoms with Gasteiger partial charge in [-0.25, -0.2) is 0 Å². The van der Waals surface area contributed by atoms with Gasteiger partial charge in [-0.1, -0.05) is 0 Å². The molecule has 0 nitrogen and oxygen atoms in total. The summed E-state index contributed by atoms with van der Waals surface area (Å²) in [4.78, 5) is 0. The predicted octanol–water partition coefficient (Wildman–Crippen LogP) is 1.21. The fraction of sp³-hybridized carbons (Fsp3) is 1.00. The molecule has 0 aromatic carbocycles. The maximum absolute atomic E-state index is 2.21. The predicted molar refractivity (Wildman–Crippen MR) is 24.7 cm³/mol. The van der Waals surface area contributed by atoms with Gasteiger partial charge in [-0.05, 0) is 0 Å². The molecular formula is C2H7AlCl. The zero-order valence-corrected chi connectivity index (χ0v) is 4.96. The molecule has 0 unspecified atom stereocenters. The van der Waals surface area contributed by atoms with Crippen molar-refractivity contribution in [1.29, 1.82) is 0 Å². The molecule has 0 rings (SSSR count). The van der Waals surface area contributed by atoms with Crippen LogP contribution in [-0.2, 0) is 0 Å². The molecule has 0 aromatic heterocycles. The molecule has 0 amide bonds. The van der Waals surface area contributed by atoms with E-state index in [2.05, 4.69) is 11.6 Å². The molecule has 4 heavy (non-hydrogen) atoms. The quantitative estimate of drug-likeness (QED) is 0.395. The van der Waals surface area contributed by atoms with Gasteiger partial charge < -0.3 is 0 Å². The monoisotopic (exact) mass is 93.0 g/mol. The SMILES string of the molecule is Cl.[CH3][Al][CH3]. The first kappa shape index (κ1) is 8.85. The summed E-state index contributed by atoms with van der Waals surface area (Å²) in [5.74, 6) is 4.42. The highest BCUT2D eigenvalue weighted by atomic mass is 35.5. The molecule has 0 aliphatic carbocycles. The van der Waals surface area contributed by atoms with E-state index in [0.29, 0.717) is 0 Å². The smallest absolute Gasteiger partial charge is 0.147 e. The van der Waals surface area contributed by atoms with Crippen LogP contribution in [0.2, 0.25) is 11.6 Å². The highest BCUT2D eigenvalue weighted by Crippen LogP contribution is 1.36. The zero-order valence-electron chi connectivity index (χ0n) is 2.99. The van der Waals surface area contributed by atoms with Crippen LogP contribution >= 0.6 is 12.4 Å². The van der Waals surface area contributed by atoms with Gasteiger partial charge in [0.1, 0.15) is 0 Å². The minimum atomic E-state index is 0. The lowest BCUT2D eigenvalue weighted by Crippen LogP contribution is -1.53. The largest absolute Gasteiger partial charge is 0.191 e. The Kier molecular flexibility index (Phi) is 20.3. The van der Waals surface area contributed by atoms with E-state index in [0.717, 1.165) is 15.2 Å². The Morgan fingerprint density at radius 3 is 1.25 bits per heavy atom. The average Bonchev–Trinajstić information content (AvgIpc) is 0.918. The molecule has 0 heterocycles. The molecule has 2 heteroatoms. The minimum absolute atomic E-state index is 0. The molecule has 0 N–H and O–H groups in total. The van der Waals surface area contributed by atoms with E-state index in [1.165, 1.54) is 0 Å². The van der Waals surface area contributed by atoms with Gasteiger partial charge in [0.15, 0.2) is 15.2 Å². The average molecular weight is 93.5 g/mol. The second kappa shape index (κ2) is 9.17. The highest BCUT2D eigenvalue weighted by Gasteiger charge is 1.46. The Balaban J connectivity index is 0. The molecule has 1 radical (unpaired) electrons. The molecule has 0 atom stereocenters. The zero-order chi connectivity index (χ0) is 2.71. The van der Waals surface area contributed by atoms with Gasteiger partial charge in [0.25, 0.3) is 0 Å². The molecule has 0 spiro atoms. The molecule has 0 bridgehead atoms. The molecule has 0 fully saturated rings. The Bertz CT molecular complexity index is 6.00. The fourth-order valence-corrected chi connectivity index (χ4v) is 0. The number of hydrogen-bond acceptors (Lipinski definition) is 0. The maximum Gasteiger partial charge on any atom is 0.191 e. The van der Waals surface area contributed by atoms with Gasteiger partial charge in [0.2, 0.25) is 0 Å². The van der Waals surface area contributed by atoms with Gasteiger partial charge >= 0.3 is 0 Å². The van der Waals surface area contributed by atoms with E-state index in [1.807, 2.05) is 0 Å². The summed E-state index contributed by atoms with van der Waals surface area (Å²) < 4.78 is 0. The van der Waals surface area contributed by atoms with Crippen LogP contribution in [0.4, 0.5) is 0 Å². The third kappa shape index (κ3) is 13.9. The summed E-state index contributed by atoms with van der Waals surface area (Å²) in [6.07, 6.45) is 0. The number of hydrogen-bond donors (Lipinski definition) is 0. The second-order valence-corrected chi connectivity index (χ2v) is 1.73. The second-order valence-electron chi connectivity index (χ2n) is 0.577. The van der Waals surface area contributed by atoms with Crippen molar-refractivity contribution in [3.05, 3.63) is 0 Å². The normalized spacial score (nSPS) is 3.50. The molecule has 25 valence electrons. The van der Waals surface area contributed by atoms with Gasteiger partial charge in [-0.15, -0.1) is 24.0 Å². The Hall–Kier alpha value is 0.822. The first-order valence-electron chi connectivity index (χ1n) is 1.15. The summed E-state index contributed by atoms with van der Waals surface area (Å²) in [5, 5.41) is 0.